The summed E-state index contributed by atoms with van der Waals surface area (Å²) in [5.74, 6) is -0.433. The Morgan fingerprint density at radius 1 is 1.26 bits per heavy atom. The molecule has 0 fully saturated rings. The molecule has 0 amide bonds. The van der Waals surface area contributed by atoms with Crippen LogP contribution < -0.4 is 4.72 Å². The highest BCUT2D eigenvalue weighted by atomic mass is 127. The van der Waals surface area contributed by atoms with Gasteiger partial charge in [0.25, 0.3) is 10.0 Å². The van der Waals surface area contributed by atoms with Gasteiger partial charge in [0, 0.05) is 9.77 Å². The van der Waals surface area contributed by atoms with E-state index in [4.69, 9.17) is 11.6 Å². The monoisotopic (exact) mass is 412 g/mol. The van der Waals surface area contributed by atoms with E-state index in [1.165, 1.54) is 12.3 Å². The summed E-state index contributed by atoms with van der Waals surface area (Å²) in [5.41, 5.74) is 0. The van der Waals surface area contributed by atoms with Crippen LogP contribution in [0.3, 0.4) is 0 Å². The number of hydrogen-bond donors (Lipinski definition) is 1. The smallest absolute Gasteiger partial charge is 0.263 e. The SMILES string of the molecule is O=S(=O)(Nc1ccc(I)cn1)c1ccc(F)cc1Cl. The number of halogens is 3. The largest absolute Gasteiger partial charge is 0.264 e. The first kappa shape index (κ1) is 14.5. The molecule has 2 aromatic rings. The summed E-state index contributed by atoms with van der Waals surface area (Å²) in [7, 11) is -3.89. The van der Waals surface area contributed by atoms with Crippen molar-refractivity contribution in [1.29, 1.82) is 0 Å². The summed E-state index contributed by atoms with van der Waals surface area (Å²) in [6, 6.07) is 6.31. The van der Waals surface area contributed by atoms with Crippen LogP contribution in [-0.2, 0) is 10.0 Å². The third-order valence-electron chi connectivity index (χ3n) is 2.15. The molecule has 0 aliphatic carbocycles. The molecule has 4 nitrogen and oxygen atoms in total. The molecular weight excluding hydrogens is 406 g/mol. The van der Waals surface area contributed by atoms with Gasteiger partial charge in [-0.1, -0.05) is 11.6 Å². The van der Waals surface area contributed by atoms with Crippen molar-refractivity contribution in [3.8, 4) is 0 Å². The van der Waals surface area contributed by atoms with Gasteiger partial charge in [0.05, 0.1) is 5.02 Å². The summed E-state index contributed by atoms with van der Waals surface area (Å²) < 4.78 is 40.2. The highest BCUT2D eigenvalue weighted by Crippen LogP contribution is 2.24. The minimum absolute atomic E-state index is 0.167. The average molecular weight is 413 g/mol. The predicted octanol–water partition coefficient (Wildman–Crippen LogP) is 3.28. The van der Waals surface area contributed by atoms with Gasteiger partial charge in [-0.25, -0.2) is 17.8 Å². The molecule has 0 spiro atoms. The van der Waals surface area contributed by atoms with E-state index in [9.17, 15) is 12.8 Å². The fourth-order valence-corrected chi connectivity index (χ4v) is 3.18. The van der Waals surface area contributed by atoms with Crippen LogP contribution in [0.25, 0.3) is 0 Å². The Bertz CT molecular complexity index is 707. The van der Waals surface area contributed by atoms with E-state index < -0.39 is 15.8 Å². The lowest BCUT2D eigenvalue weighted by Crippen LogP contribution is -2.14. The van der Waals surface area contributed by atoms with Gasteiger partial charge in [-0.15, -0.1) is 0 Å². The fourth-order valence-electron chi connectivity index (χ4n) is 1.32. The summed E-state index contributed by atoms with van der Waals surface area (Å²) in [6.45, 7) is 0. The van der Waals surface area contributed by atoms with Crippen LogP contribution in [0, 0.1) is 9.39 Å². The van der Waals surface area contributed by atoms with Gasteiger partial charge in [0.2, 0.25) is 0 Å². The molecule has 1 heterocycles. The second-order valence-corrected chi connectivity index (χ2v) is 6.85. The van der Waals surface area contributed by atoms with Crippen molar-refractivity contribution >= 4 is 50.0 Å². The number of pyridine rings is 1. The van der Waals surface area contributed by atoms with Gasteiger partial charge in [-0.05, 0) is 52.9 Å². The molecule has 0 saturated heterocycles. The van der Waals surface area contributed by atoms with Crippen LogP contribution in [0.15, 0.2) is 41.4 Å². The zero-order valence-electron chi connectivity index (χ0n) is 9.27. The van der Waals surface area contributed by atoms with Crippen molar-refractivity contribution in [2.45, 2.75) is 4.90 Å². The molecule has 0 radical (unpaired) electrons. The van der Waals surface area contributed by atoms with Crippen LogP contribution in [0.2, 0.25) is 5.02 Å². The van der Waals surface area contributed by atoms with Crippen LogP contribution in [0.4, 0.5) is 10.2 Å². The number of nitrogens with zero attached hydrogens (tertiary/aromatic N) is 1. The maximum Gasteiger partial charge on any atom is 0.264 e. The Balaban J connectivity index is 2.35. The van der Waals surface area contributed by atoms with Gasteiger partial charge in [0.15, 0.2) is 0 Å². The van der Waals surface area contributed by atoms with Crippen LogP contribution in [0.1, 0.15) is 0 Å². The second kappa shape index (κ2) is 5.59. The molecule has 2 rings (SSSR count). The van der Waals surface area contributed by atoms with Crippen molar-refractivity contribution < 1.29 is 12.8 Å². The molecule has 0 atom stereocenters. The molecule has 0 aliphatic heterocycles. The Labute approximate surface area is 128 Å². The quantitative estimate of drug-likeness (QED) is 0.787. The van der Waals surface area contributed by atoms with E-state index in [1.807, 2.05) is 0 Å². The van der Waals surface area contributed by atoms with Crippen LogP contribution >= 0.6 is 34.2 Å². The van der Waals surface area contributed by atoms with Gasteiger partial charge in [-0.3, -0.25) is 4.72 Å². The second-order valence-electron chi connectivity index (χ2n) is 3.54. The van der Waals surface area contributed by atoms with E-state index in [2.05, 4.69) is 32.3 Å². The number of benzene rings is 1. The summed E-state index contributed by atoms with van der Waals surface area (Å²) >= 11 is 7.78. The zero-order valence-corrected chi connectivity index (χ0v) is 13.0. The summed E-state index contributed by atoms with van der Waals surface area (Å²) in [5, 5.41) is -0.182. The molecule has 1 N–H and O–H groups in total. The molecule has 0 unspecified atom stereocenters. The molecule has 0 bridgehead atoms. The third-order valence-corrected chi connectivity index (χ3v) is 4.63. The van der Waals surface area contributed by atoms with Crippen LogP contribution in [0.5, 0.6) is 0 Å². The highest BCUT2D eigenvalue weighted by molar-refractivity contribution is 14.1. The number of nitrogens with one attached hydrogen (secondary N) is 1. The molecular formula is C11H7ClFIN2O2S. The number of hydrogen-bond acceptors (Lipinski definition) is 3. The molecule has 8 heteroatoms. The molecule has 100 valence electrons. The lowest BCUT2D eigenvalue weighted by molar-refractivity contribution is 0.599. The first-order chi connectivity index (χ1) is 8.88. The fraction of sp³-hybridized carbons (Fsp3) is 0. The summed E-state index contributed by atoms with van der Waals surface area (Å²) in [4.78, 5) is 3.72. The van der Waals surface area contributed by atoms with Crippen molar-refractivity contribution in [2.75, 3.05) is 4.72 Å². The normalized spacial score (nSPS) is 11.3. The van der Waals surface area contributed by atoms with Crippen molar-refractivity contribution in [3.63, 3.8) is 0 Å². The van der Waals surface area contributed by atoms with Gasteiger partial charge >= 0.3 is 0 Å². The molecule has 1 aromatic carbocycles. The lowest BCUT2D eigenvalue weighted by Gasteiger charge is -2.08. The van der Waals surface area contributed by atoms with Crippen molar-refractivity contribution in [1.82, 2.24) is 4.98 Å². The van der Waals surface area contributed by atoms with Crippen molar-refractivity contribution in [3.05, 3.63) is 50.9 Å². The first-order valence-electron chi connectivity index (χ1n) is 4.98. The van der Waals surface area contributed by atoms with Gasteiger partial charge in [-0.2, -0.15) is 0 Å². The van der Waals surface area contributed by atoms with E-state index >= 15 is 0 Å². The molecule has 19 heavy (non-hydrogen) atoms. The van der Waals surface area contributed by atoms with Crippen molar-refractivity contribution in [2.24, 2.45) is 0 Å². The Morgan fingerprint density at radius 3 is 2.58 bits per heavy atom. The maximum absolute atomic E-state index is 12.9. The van der Waals surface area contributed by atoms with Gasteiger partial charge in [0.1, 0.15) is 16.5 Å². The number of rotatable bonds is 3. The predicted molar refractivity (Wildman–Crippen MR) is 79.2 cm³/mol. The molecule has 0 aliphatic rings. The van der Waals surface area contributed by atoms with E-state index in [0.717, 1.165) is 21.8 Å². The Morgan fingerprint density at radius 2 is 2.00 bits per heavy atom. The van der Waals surface area contributed by atoms with E-state index in [1.54, 1.807) is 6.07 Å². The minimum Gasteiger partial charge on any atom is -0.263 e. The zero-order chi connectivity index (χ0) is 14.0. The van der Waals surface area contributed by atoms with Gasteiger partial charge < -0.3 is 0 Å². The van der Waals surface area contributed by atoms with E-state index in [-0.39, 0.29) is 15.7 Å². The Kier molecular flexibility index (Phi) is 4.26. The lowest BCUT2D eigenvalue weighted by atomic mass is 10.3. The van der Waals surface area contributed by atoms with Crippen LogP contribution in [-0.4, -0.2) is 13.4 Å². The standard InChI is InChI=1S/C11H7ClFIN2O2S/c12-9-5-7(13)1-3-10(9)19(17,18)16-11-4-2-8(14)6-15-11/h1-6H,(H,15,16). The number of aromatic nitrogens is 1. The van der Waals surface area contributed by atoms with E-state index in [0.29, 0.717) is 0 Å². The number of sulfonamides is 1. The third kappa shape index (κ3) is 3.54. The number of anilines is 1. The first-order valence-corrected chi connectivity index (χ1v) is 7.92. The maximum atomic E-state index is 12.9. The summed E-state index contributed by atoms with van der Waals surface area (Å²) in [6.07, 6.45) is 1.52. The molecule has 1 aromatic heterocycles. The average Bonchev–Trinajstić information content (AvgIpc) is 2.31. The topological polar surface area (TPSA) is 59.1 Å². The highest BCUT2D eigenvalue weighted by Gasteiger charge is 2.18. The minimum atomic E-state index is -3.89. The Hall–Kier alpha value is -0.930. The molecule has 0 saturated carbocycles.